The Labute approximate surface area is 245 Å². The summed E-state index contributed by atoms with van der Waals surface area (Å²) in [5.74, 6) is 1.35. The normalized spacial score (nSPS) is 20.1. The van der Waals surface area contributed by atoms with Crippen molar-refractivity contribution in [1.82, 2.24) is 15.5 Å². The first-order valence-electron chi connectivity index (χ1n) is 14.0. The highest BCUT2D eigenvalue weighted by Crippen LogP contribution is 2.36. The number of amides is 3. The summed E-state index contributed by atoms with van der Waals surface area (Å²) in [5.41, 5.74) is 4.58. The molecule has 3 amide bonds. The monoisotopic (exact) mass is 578 g/mol. The average Bonchev–Trinajstić information content (AvgIpc) is 3.49. The van der Waals surface area contributed by atoms with E-state index in [1.54, 1.807) is 18.3 Å². The van der Waals surface area contributed by atoms with Gasteiger partial charge in [-0.1, -0.05) is 25.1 Å². The minimum absolute atomic E-state index is 0.108. The Morgan fingerprint density at radius 3 is 2.78 bits per heavy atom. The van der Waals surface area contributed by atoms with Gasteiger partial charge in [0.05, 0.1) is 31.0 Å². The molecule has 2 aromatic rings. The number of likely N-dealkylation sites (N-methyl/N-ethyl adjacent to an activating group) is 1. The summed E-state index contributed by atoms with van der Waals surface area (Å²) in [6, 6.07) is 13.5. The van der Waals surface area contributed by atoms with Crippen molar-refractivity contribution in [3.63, 3.8) is 0 Å². The number of urea groups is 1. The third-order valence-corrected chi connectivity index (χ3v) is 8.52. The second kappa shape index (κ2) is 13.4. The number of methoxy groups -OCH3 is 1. The molecule has 3 heterocycles. The Morgan fingerprint density at radius 2 is 2.05 bits per heavy atom. The predicted molar refractivity (Wildman–Crippen MR) is 164 cm³/mol. The molecular formula is C30H38N6O4S. The minimum atomic E-state index is -0.317. The number of aryl methyl sites for hydroxylation is 1. The molecule has 1 unspecified atom stereocenters. The number of thioether (sulfide) groups is 1. The van der Waals surface area contributed by atoms with Gasteiger partial charge in [0.2, 0.25) is 5.91 Å². The van der Waals surface area contributed by atoms with Crippen molar-refractivity contribution in [2.24, 2.45) is 4.99 Å². The molecule has 3 N–H and O–H groups in total. The number of hydrogen-bond acceptors (Lipinski definition) is 8. The van der Waals surface area contributed by atoms with Crippen LogP contribution in [-0.2, 0) is 22.5 Å². The lowest BCUT2D eigenvalue weighted by Gasteiger charge is -2.36. The van der Waals surface area contributed by atoms with Gasteiger partial charge in [-0.25, -0.2) is 9.69 Å². The standard InChI is InChI=1S/C30H38N6O4S/c1-4-20-9-12-26(39-3)25(14-20)36-28-24(15-31-30(36)38)29(33-19-32-28)41-18-27(37)34-22-10-7-21(8-11-22)16-35(2)17-23-6-5-13-40-23/h7-12,14,19,23,29H,4-6,13,15-18H2,1-3H3,(H,31,38)(H,32,33)(H,34,37)/t23-,29?/m1/s1. The zero-order chi connectivity index (χ0) is 28.8. The molecule has 0 radical (unpaired) electrons. The Hall–Kier alpha value is -3.54. The van der Waals surface area contributed by atoms with Crippen molar-refractivity contribution in [3.05, 3.63) is 65.0 Å². The highest BCUT2D eigenvalue weighted by atomic mass is 32.2. The number of carbonyl (C=O) groups is 2. The molecule has 3 aliphatic heterocycles. The highest BCUT2D eigenvalue weighted by molar-refractivity contribution is 8.00. The van der Waals surface area contributed by atoms with E-state index in [1.165, 1.54) is 17.3 Å². The van der Waals surface area contributed by atoms with Gasteiger partial charge in [-0.3, -0.25) is 14.7 Å². The van der Waals surface area contributed by atoms with E-state index in [1.807, 2.05) is 42.5 Å². The molecule has 0 aromatic heterocycles. The van der Waals surface area contributed by atoms with Gasteiger partial charge >= 0.3 is 6.03 Å². The molecule has 218 valence electrons. The second-order valence-electron chi connectivity index (χ2n) is 10.4. The maximum Gasteiger partial charge on any atom is 0.328 e. The van der Waals surface area contributed by atoms with Gasteiger partial charge in [0.25, 0.3) is 0 Å². The Morgan fingerprint density at radius 1 is 1.24 bits per heavy atom. The average molecular weight is 579 g/mol. The topological polar surface area (TPSA) is 108 Å². The van der Waals surface area contributed by atoms with Crippen LogP contribution in [0, 0.1) is 0 Å². The SMILES string of the molecule is CCc1ccc(OC)c(N2C(=O)NCC3=C2NC=NC3SCC(=O)Nc2ccc(CN(C)C[C@H]3CCCO3)cc2)c1. The molecule has 2 aromatic carbocycles. The summed E-state index contributed by atoms with van der Waals surface area (Å²) in [6.07, 6.45) is 5.02. The molecule has 0 spiro atoms. The van der Waals surface area contributed by atoms with E-state index in [4.69, 9.17) is 9.47 Å². The van der Waals surface area contributed by atoms with Crippen molar-refractivity contribution in [2.45, 2.75) is 44.2 Å². The number of nitrogens with one attached hydrogen (secondary N) is 3. The van der Waals surface area contributed by atoms with Crippen LogP contribution in [0.5, 0.6) is 5.75 Å². The number of anilines is 2. The smallest absolute Gasteiger partial charge is 0.328 e. The molecule has 1 saturated heterocycles. The van der Waals surface area contributed by atoms with E-state index in [-0.39, 0.29) is 23.1 Å². The van der Waals surface area contributed by atoms with Gasteiger partial charge in [0.15, 0.2) is 0 Å². The Kier molecular flexibility index (Phi) is 9.48. The van der Waals surface area contributed by atoms with E-state index in [0.29, 0.717) is 29.9 Å². The van der Waals surface area contributed by atoms with Crippen LogP contribution in [0.1, 0.15) is 30.9 Å². The maximum atomic E-state index is 13.0. The number of hydrogen-bond donors (Lipinski definition) is 3. The quantitative estimate of drug-likeness (QED) is 0.371. The number of carbonyl (C=O) groups excluding carboxylic acids is 2. The lowest BCUT2D eigenvalue weighted by molar-refractivity contribution is -0.113. The minimum Gasteiger partial charge on any atom is -0.495 e. The van der Waals surface area contributed by atoms with Crippen molar-refractivity contribution in [1.29, 1.82) is 0 Å². The summed E-state index contributed by atoms with van der Waals surface area (Å²) < 4.78 is 11.3. The molecule has 1 fully saturated rings. The van der Waals surface area contributed by atoms with E-state index in [2.05, 4.69) is 39.8 Å². The molecule has 10 nitrogen and oxygen atoms in total. The van der Waals surface area contributed by atoms with Crippen molar-refractivity contribution < 1.29 is 19.1 Å². The van der Waals surface area contributed by atoms with Gasteiger partial charge < -0.3 is 25.4 Å². The molecule has 3 aliphatic rings. The zero-order valence-corrected chi connectivity index (χ0v) is 24.6. The van der Waals surface area contributed by atoms with Crippen molar-refractivity contribution in [3.8, 4) is 5.75 Å². The zero-order valence-electron chi connectivity index (χ0n) is 23.8. The third kappa shape index (κ3) is 7.03. The van der Waals surface area contributed by atoms with Crippen LogP contribution in [0.2, 0.25) is 0 Å². The fourth-order valence-corrected chi connectivity index (χ4v) is 6.18. The largest absolute Gasteiger partial charge is 0.495 e. The number of benzene rings is 2. The lowest BCUT2D eigenvalue weighted by atomic mass is 10.1. The second-order valence-corrected chi connectivity index (χ2v) is 11.5. The molecule has 2 atom stereocenters. The summed E-state index contributed by atoms with van der Waals surface area (Å²) in [6.45, 7) is 5.03. The number of nitrogens with zero attached hydrogens (tertiary/aromatic N) is 3. The number of ether oxygens (including phenoxy) is 2. The van der Waals surface area contributed by atoms with Crippen LogP contribution in [0.25, 0.3) is 0 Å². The van der Waals surface area contributed by atoms with Gasteiger partial charge in [-0.2, -0.15) is 0 Å². The lowest BCUT2D eigenvalue weighted by Crippen LogP contribution is -2.52. The fraction of sp³-hybridized carbons (Fsp3) is 0.433. The van der Waals surface area contributed by atoms with Crippen LogP contribution in [0.4, 0.5) is 16.2 Å². The van der Waals surface area contributed by atoms with Crippen LogP contribution in [0.15, 0.2) is 58.9 Å². The first-order valence-corrected chi connectivity index (χ1v) is 15.1. The van der Waals surface area contributed by atoms with Crippen molar-refractivity contribution in [2.75, 3.05) is 49.8 Å². The molecule has 5 rings (SSSR count). The molecule has 11 heteroatoms. The first-order chi connectivity index (χ1) is 19.9. The molecule has 0 aliphatic carbocycles. The van der Waals surface area contributed by atoms with Gasteiger partial charge in [-0.05, 0) is 61.7 Å². The van der Waals surface area contributed by atoms with Crippen molar-refractivity contribution >= 4 is 41.4 Å². The molecular weight excluding hydrogens is 540 g/mol. The fourth-order valence-electron chi connectivity index (χ4n) is 5.26. The highest BCUT2D eigenvalue weighted by Gasteiger charge is 2.35. The van der Waals surface area contributed by atoms with Crippen LogP contribution >= 0.6 is 11.8 Å². The van der Waals surface area contributed by atoms with Crippen LogP contribution < -0.4 is 25.6 Å². The van der Waals surface area contributed by atoms with Gasteiger partial charge in [0.1, 0.15) is 16.9 Å². The van der Waals surface area contributed by atoms with E-state index in [9.17, 15) is 9.59 Å². The Bertz CT molecular complexity index is 1310. The van der Waals surface area contributed by atoms with E-state index >= 15 is 0 Å². The van der Waals surface area contributed by atoms with Gasteiger partial charge in [0, 0.05) is 37.5 Å². The van der Waals surface area contributed by atoms with Crippen LogP contribution in [-0.4, -0.2) is 74.3 Å². The molecule has 0 saturated carbocycles. The van der Waals surface area contributed by atoms with E-state index < -0.39 is 0 Å². The van der Waals surface area contributed by atoms with Gasteiger partial charge in [-0.15, -0.1) is 11.8 Å². The number of aliphatic imine (C=N–C) groups is 1. The molecule has 41 heavy (non-hydrogen) atoms. The third-order valence-electron chi connectivity index (χ3n) is 7.36. The Balaban J connectivity index is 1.19. The molecule has 0 bridgehead atoms. The first kappa shape index (κ1) is 29.0. The van der Waals surface area contributed by atoms with E-state index in [0.717, 1.165) is 55.8 Å². The van der Waals surface area contributed by atoms with Crippen LogP contribution in [0.3, 0.4) is 0 Å². The number of rotatable bonds is 11. The summed E-state index contributed by atoms with van der Waals surface area (Å²) in [5, 5.41) is 8.78. The maximum absolute atomic E-state index is 13.0. The summed E-state index contributed by atoms with van der Waals surface area (Å²) >= 11 is 1.42. The summed E-state index contributed by atoms with van der Waals surface area (Å²) in [4.78, 5) is 34.3. The predicted octanol–water partition coefficient (Wildman–Crippen LogP) is 3.94. The summed E-state index contributed by atoms with van der Waals surface area (Å²) in [7, 11) is 3.70.